The van der Waals surface area contributed by atoms with Gasteiger partial charge in [0, 0.05) is 0 Å². The highest BCUT2D eigenvalue weighted by molar-refractivity contribution is 5.49. The molecule has 5 nitrogen and oxygen atoms in total. The molecule has 1 N–H and O–H groups in total. The van der Waals surface area contributed by atoms with Crippen LogP contribution >= 0.6 is 0 Å². The Labute approximate surface area is 151 Å². The molecular formula is C20H33NO4. The molecule has 0 heterocycles. The maximum atomic E-state index is 10.8. The number of unbranched alkanes of at least 4 members (excludes halogenated alkanes) is 11. The van der Waals surface area contributed by atoms with Crippen molar-refractivity contribution in [2.75, 3.05) is 6.61 Å². The van der Waals surface area contributed by atoms with Crippen molar-refractivity contribution in [3.05, 3.63) is 28.3 Å². The third-order valence-electron chi connectivity index (χ3n) is 4.41. The highest BCUT2D eigenvalue weighted by Gasteiger charge is 2.13. The van der Waals surface area contributed by atoms with Crippen LogP contribution in [0.15, 0.2) is 18.2 Å². The zero-order valence-corrected chi connectivity index (χ0v) is 15.5. The van der Waals surface area contributed by atoms with Gasteiger partial charge in [0.05, 0.1) is 17.6 Å². The van der Waals surface area contributed by atoms with E-state index < -0.39 is 4.92 Å². The smallest absolute Gasteiger partial charge is 0.314 e. The van der Waals surface area contributed by atoms with E-state index >= 15 is 0 Å². The Bertz CT molecular complexity index is 491. The summed E-state index contributed by atoms with van der Waals surface area (Å²) in [5, 5.41) is 20.1. The molecule has 0 saturated carbocycles. The molecule has 0 aliphatic rings. The number of hydrogen-bond donors (Lipinski definition) is 1. The monoisotopic (exact) mass is 351 g/mol. The number of nitrogens with zero attached hydrogens (tertiary/aromatic N) is 1. The fraction of sp³-hybridized carbons (Fsp3) is 0.700. The summed E-state index contributed by atoms with van der Waals surface area (Å²) in [7, 11) is 0. The first-order chi connectivity index (χ1) is 12.1. The quantitative estimate of drug-likeness (QED) is 0.226. The Hall–Kier alpha value is -1.78. The lowest BCUT2D eigenvalue weighted by molar-refractivity contribution is -0.385. The van der Waals surface area contributed by atoms with Crippen LogP contribution in [0.2, 0.25) is 0 Å². The number of nitro groups is 1. The largest absolute Gasteiger partial charge is 0.502 e. The third-order valence-corrected chi connectivity index (χ3v) is 4.41. The summed E-state index contributed by atoms with van der Waals surface area (Å²) in [4.78, 5) is 10.1. The number of hydrogen-bond acceptors (Lipinski definition) is 4. The molecule has 0 spiro atoms. The van der Waals surface area contributed by atoms with Gasteiger partial charge >= 0.3 is 5.69 Å². The Kier molecular flexibility index (Phi) is 11.5. The molecule has 0 saturated heterocycles. The number of nitro benzene ring substituents is 1. The van der Waals surface area contributed by atoms with E-state index in [2.05, 4.69) is 6.92 Å². The molecular weight excluding hydrogens is 318 g/mol. The number of ether oxygens (including phenoxy) is 1. The maximum absolute atomic E-state index is 10.8. The minimum absolute atomic E-state index is 0.313. The second-order valence-corrected chi connectivity index (χ2v) is 6.65. The minimum atomic E-state index is -0.605. The van der Waals surface area contributed by atoms with Gasteiger partial charge in [0.15, 0.2) is 5.75 Å². The zero-order chi connectivity index (χ0) is 18.3. The van der Waals surface area contributed by atoms with E-state index in [9.17, 15) is 15.2 Å². The van der Waals surface area contributed by atoms with Gasteiger partial charge in [0.25, 0.3) is 0 Å². The van der Waals surface area contributed by atoms with Gasteiger partial charge < -0.3 is 9.84 Å². The highest BCUT2D eigenvalue weighted by atomic mass is 16.6. The van der Waals surface area contributed by atoms with E-state index in [0.717, 1.165) is 12.8 Å². The third kappa shape index (κ3) is 9.95. The minimum Gasteiger partial charge on any atom is -0.502 e. The summed E-state index contributed by atoms with van der Waals surface area (Å²) in [5.41, 5.74) is -0.313. The molecule has 0 aliphatic carbocycles. The molecule has 0 fully saturated rings. The second-order valence-electron chi connectivity index (χ2n) is 6.65. The first-order valence-electron chi connectivity index (χ1n) is 9.75. The van der Waals surface area contributed by atoms with Crippen molar-refractivity contribution >= 4 is 5.69 Å². The summed E-state index contributed by atoms with van der Waals surface area (Å²) >= 11 is 0. The van der Waals surface area contributed by atoms with Gasteiger partial charge in [-0.3, -0.25) is 10.1 Å². The number of phenolic OH excluding ortho intramolecular Hbond substituents is 1. The fourth-order valence-electron chi connectivity index (χ4n) is 2.87. The molecule has 0 bridgehead atoms. The molecule has 0 aromatic heterocycles. The van der Waals surface area contributed by atoms with Crippen LogP contribution in [0.25, 0.3) is 0 Å². The molecule has 0 aliphatic heterocycles. The standard InChI is InChI=1S/C20H33NO4/c1-2-3-4-5-6-7-8-9-10-11-12-13-16-25-18-14-15-20(22)19(17-18)21(23)24/h14-15,17,22H,2-13,16H2,1H3. The van der Waals surface area contributed by atoms with Crippen LogP contribution < -0.4 is 4.74 Å². The Morgan fingerprint density at radius 2 is 1.44 bits per heavy atom. The van der Waals surface area contributed by atoms with Crippen molar-refractivity contribution in [3.8, 4) is 11.5 Å². The van der Waals surface area contributed by atoms with Crippen LogP contribution in [0, 0.1) is 10.1 Å². The van der Waals surface area contributed by atoms with Crippen molar-refractivity contribution in [1.82, 2.24) is 0 Å². The van der Waals surface area contributed by atoms with Crippen LogP contribution in [0.5, 0.6) is 11.5 Å². The maximum Gasteiger partial charge on any atom is 0.314 e. The summed E-state index contributed by atoms with van der Waals surface area (Å²) in [5.74, 6) is 0.107. The molecule has 1 aromatic rings. The van der Waals surface area contributed by atoms with Gasteiger partial charge in [0.1, 0.15) is 5.75 Å². The van der Waals surface area contributed by atoms with E-state index in [0.29, 0.717) is 12.4 Å². The molecule has 25 heavy (non-hydrogen) atoms. The molecule has 0 atom stereocenters. The number of phenols is 1. The summed E-state index contributed by atoms with van der Waals surface area (Å²) in [6.45, 7) is 2.80. The van der Waals surface area contributed by atoms with Crippen molar-refractivity contribution in [1.29, 1.82) is 0 Å². The van der Waals surface area contributed by atoms with Gasteiger partial charge in [-0.2, -0.15) is 0 Å². The summed E-state index contributed by atoms with van der Waals surface area (Å²) in [6.07, 6.45) is 15.4. The number of aromatic hydroxyl groups is 1. The van der Waals surface area contributed by atoms with Crippen LogP contribution in [-0.2, 0) is 0 Å². The van der Waals surface area contributed by atoms with Crippen LogP contribution in [-0.4, -0.2) is 16.6 Å². The van der Waals surface area contributed by atoms with Crippen LogP contribution in [0.4, 0.5) is 5.69 Å². The molecule has 1 aromatic carbocycles. The van der Waals surface area contributed by atoms with Crippen molar-refractivity contribution in [3.63, 3.8) is 0 Å². The molecule has 0 amide bonds. The van der Waals surface area contributed by atoms with Crippen molar-refractivity contribution < 1.29 is 14.8 Å². The molecule has 0 radical (unpaired) electrons. The fourth-order valence-corrected chi connectivity index (χ4v) is 2.87. The first-order valence-corrected chi connectivity index (χ1v) is 9.75. The van der Waals surface area contributed by atoms with E-state index in [4.69, 9.17) is 4.74 Å². The molecule has 5 heteroatoms. The van der Waals surface area contributed by atoms with E-state index in [1.165, 1.54) is 76.3 Å². The predicted molar refractivity (Wildman–Crippen MR) is 101 cm³/mol. The average molecular weight is 351 g/mol. The lowest BCUT2D eigenvalue weighted by atomic mass is 10.1. The average Bonchev–Trinajstić information content (AvgIpc) is 2.60. The number of benzene rings is 1. The van der Waals surface area contributed by atoms with Crippen LogP contribution in [0.3, 0.4) is 0 Å². The first kappa shape index (κ1) is 21.3. The lowest BCUT2D eigenvalue weighted by Crippen LogP contribution is -1.98. The van der Waals surface area contributed by atoms with Crippen LogP contribution in [0.1, 0.15) is 84.0 Å². The van der Waals surface area contributed by atoms with E-state index in [1.807, 2.05) is 0 Å². The number of rotatable bonds is 15. The van der Waals surface area contributed by atoms with Gasteiger partial charge in [0.2, 0.25) is 0 Å². The highest BCUT2D eigenvalue weighted by Crippen LogP contribution is 2.29. The Morgan fingerprint density at radius 3 is 1.96 bits per heavy atom. The summed E-state index contributed by atoms with van der Waals surface area (Å²) < 4.78 is 5.53. The van der Waals surface area contributed by atoms with Gasteiger partial charge in [-0.15, -0.1) is 0 Å². The molecule has 142 valence electrons. The molecule has 0 unspecified atom stereocenters. The Morgan fingerprint density at radius 1 is 0.920 bits per heavy atom. The van der Waals surface area contributed by atoms with Gasteiger partial charge in [-0.05, 0) is 18.6 Å². The van der Waals surface area contributed by atoms with Crippen molar-refractivity contribution in [2.45, 2.75) is 84.0 Å². The SMILES string of the molecule is CCCCCCCCCCCCCCOc1ccc(O)c([N+](=O)[O-])c1. The van der Waals surface area contributed by atoms with E-state index in [-0.39, 0.29) is 11.4 Å². The summed E-state index contributed by atoms with van der Waals surface area (Å²) in [6, 6.07) is 4.13. The Balaban J connectivity index is 1.97. The zero-order valence-electron chi connectivity index (χ0n) is 15.5. The van der Waals surface area contributed by atoms with Gasteiger partial charge in [-0.1, -0.05) is 77.6 Å². The normalized spacial score (nSPS) is 10.8. The van der Waals surface area contributed by atoms with Gasteiger partial charge in [-0.25, -0.2) is 0 Å². The molecule has 1 rings (SSSR count). The topological polar surface area (TPSA) is 72.6 Å². The predicted octanol–water partition coefficient (Wildman–Crippen LogP) is 6.38. The van der Waals surface area contributed by atoms with Crippen molar-refractivity contribution in [2.24, 2.45) is 0 Å². The lowest BCUT2D eigenvalue weighted by Gasteiger charge is -2.06. The second kappa shape index (κ2) is 13.5. The van der Waals surface area contributed by atoms with E-state index in [1.54, 1.807) is 6.07 Å².